The lowest BCUT2D eigenvalue weighted by Crippen LogP contribution is -2.20. The second kappa shape index (κ2) is 4.66. The maximum Gasteiger partial charge on any atom is 0.00105 e. The van der Waals surface area contributed by atoms with Crippen LogP contribution in [-0.4, -0.2) is 6.04 Å². The number of allylic oxidation sites excluding steroid dienone is 2. The van der Waals surface area contributed by atoms with Crippen LogP contribution in [0.2, 0.25) is 0 Å². The molecule has 0 saturated carbocycles. The molecule has 1 aliphatic carbocycles. The van der Waals surface area contributed by atoms with Gasteiger partial charge in [0.1, 0.15) is 0 Å². The topological polar surface area (TPSA) is 26.0 Å². The molecular formula is C11H21N. The third-order valence-corrected chi connectivity index (χ3v) is 2.91. The van der Waals surface area contributed by atoms with E-state index in [1.54, 1.807) is 0 Å². The van der Waals surface area contributed by atoms with Gasteiger partial charge in [-0.05, 0) is 44.4 Å². The van der Waals surface area contributed by atoms with Crippen molar-refractivity contribution >= 4 is 0 Å². The summed E-state index contributed by atoms with van der Waals surface area (Å²) in [6.07, 6.45) is 9.67. The number of hydrogen-bond acceptors (Lipinski definition) is 1. The summed E-state index contributed by atoms with van der Waals surface area (Å²) in [6.45, 7) is 4.46. The minimum Gasteiger partial charge on any atom is -0.328 e. The van der Waals surface area contributed by atoms with Crippen LogP contribution in [0.15, 0.2) is 12.2 Å². The first-order chi connectivity index (χ1) is 5.70. The van der Waals surface area contributed by atoms with Crippen molar-refractivity contribution in [2.24, 2.45) is 17.6 Å². The molecule has 0 aromatic rings. The average Bonchev–Trinajstić information content (AvgIpc) is 2.03. The zero-order valence-corrected chi connectivity index (χ0v) is 8.29. The lowest BCUT2D eigenvalue weighted by molar-refractivity contribution is 0.314. The molecule has 0 radical (unpaired) electrons. The lowest BCUT2D eigenvalue weighted by atomic mass is 9.81. The Morgan fingerprint density at radius 2 is 2.08 bits per heavy atom. The standard InChI is InChI=1S/C11H21N/c1-9-5-3-4-6-11(9)8-7-10(2)12/h3-4,9-11H,5-8,12H2,1-2H3. The quantitative estimate of drug-likeness (QED) is 0.643. The van der Waals surface area contributed by atoms with Crippen LogP contribution in [-0.2, 0) is 0 Å². The SMILES string of the molecule is CC(N)CCC1CC=CCC1C. The zero-order valence-electron chi connectivity index (χ0n) is 8.29. The normalized spacial score (nSPS) is 31.9. The summed E-state index contributed by atoms with van der Waals surface area (Å²) < 4.78 is 0. The van der Waals surface area contributed by atoms with Crippen molar-refractivity contribution in [3.8, 4) is 0 Å². The van der Waals surface area contributed by atoms with Crippen molar-refractivity contribution in [2.45, 2.75) is 45.6 Å². The van der Waals surface area contributed by atoms with Crippen LogP contribution in [0.5, 0.6) is 0 Å². The van der Waals surface area contributed by atoms with Crippen molar-refractivity contribution in [3.05, 3.63) is 12.2 Å². The Labute approximate surface area is 76.0 Å². The predicted molar refractivity (Wildman–Crippen MR) is 53.9 cm³/mol. The maximum atomic E-state index is 5.74. The molecule has 12 heavy (non-hydrogen) atoms. The highest BCUT2D eigenvalue weighted by molar-refractivity contribution is 4.93. The fourth-order valence-electron chi connectivity index (χ4n) is 1.89. The summed E-state index contributed by atoms with van der Waals surface area (Å²) in [4.78, 5) is 0. The van der Waals surface area contributed by atoms with E-state index in [1.807, 2.05) is 0 Å². The summed E-state index contributed by atoms with van der Waals surface area (Å²) in [5.74, 6) is 1.76. The average molecular weight is 167 g/mol. The lowest BCUT2D eigenvalue weighted by Gasteiger charge is -2.25. The number of rotatable bonds is 3. The summed E-state index contributed by atoms with van der Waals surface area (Å²) in [5, 5.41) is 0. The molecule has 0 aliphatic heterocycles. The highest BCUT2D eigenvalue weighted by Gasteiger charge is 2.17. The van der Waals surface area contributed by atoms with Crippen LogP contribution >= 0.6 is 0 Å². The molecule has 3 unspecified atom stereocenters. The van der Waals surface area contributed by atoms with Gasteiger partial charge in [0.15, 0.2) is 0 Å². The molecule has 0 heterocycles. The van der Waals surface area contributed by atoms with Gasteiger partial charge in [0, 0.05) is 6.04 Å². The van der Waals surface area contributed by atoms with Crippen molar-refractivity contribution in [3.63, 3.8) is 0 Å². The van der Waals surface area contributed by atoms with E-state index in [1.165, 1.54) is 25.7 Å². The molecule has 1 aliphatic rings. The summed E-state index contributed by atoms with van der Waals surface area (Å²) in [5.41, 5.74) is 5.74. The number of hydrogen-bond donors (Lipinski definition) is 1. The highest BCUT2D eigenvalue weighted by atomic mass is 14.6. The molecule has 0 fully saturated rings. The van der Waals surface area contributed by atoms with Gasteiger partial charge >= 0.3 is 0 Å². The van der Waals surface area contributed by atoms with Gasteiger partial charge in [0.05, 0.1) is 0 Å². The van der Waals surface area contributed by atoms with Gasteiger partial charge in [0.2, 0.25) is 0 Å². The first kappa shape index (κ1) is 9.79. The van der Waals surface area contributed by atoms with Crippen molar-refractivity contribution in [2.75, 3.05) is 0 Å². The molecule has 3 atom stereocenters. The van der Waals surface area contributed by atoms with E-state index in [0.29, 0.717) is 6.04 Å². The van der Waals surface area contributed by atoms with Crippen LogP contribution < -0.4 is 5.73 Å². The Morgan fingerprint density at radius 1 is 1.42 bits per heavy atom. The van der Waals surface area contributed by atoms with Crippen molar-refractivity contribution in [1.82, 2.24) is 0 Å². The Bertz CT molecular complexity index is 149. The van der Waals surface area contributed by atoms with E-state index in [9.17, 15) is 0 Å². The molecule has 2 N–H and O–H groups in total. The highest BCUT2D eigenvalue weighted by Crippen LogP contribution is 2.28. The summed E-state index contributed by atoms with van der Waals surface area (Å²) in [6, 6.07) is 0.378. The Morgan fingerprint density at radius 3 is 2.67 bits per heavy atom. The Hall–Kier alpha value is -0.300. The molecule has 0 amide bonds. The van der Waals surface area contributed by atoms with Crippen LogP contribution in [0.25, 0.3) is 0 Å². The maximum absolute atomic E-state index is 5.74. The molecular weight excluding hydrogens is 146 g/mol. The van der Waals surface area contributed by atoms with E-state index < -0.39 is 0 Å². The fourth-order valence-corrected chi connectivity index (χ4v) is 1.89. The minimum absolute atomic E-state index is 0.378. The smallest absolute Gasteiger partial charge is 0.00105 e. The minimum atomic E-state index is 0.378. The van der Waals surface area contributed by atoms with Crippen molar-refractivity contribution < 1.29 is 0 Å². The van der Waals surface area contributed by atoms with Gasteiger partial charge in [-0.3, -0.25) is 0 Å². The molecule has 0 spiro atoms. The van der Waals surface area contributed by atoms with E-state index >= 15 is 0 Å². The second-order valence-electron chi connectivity index (χ2n) is 4.23. The molecule has 0 aromatic heterocycles. The third-order valence-electron chi connectivity index (χ3n) is 2.91. The van der Waals surface area contributed by atoms with Gasteiger partial charge < -0.3 is 5.73 Å². The predicted octanol–water partition coefficient (Wildman–Crippen LogP) is 2.72. The first-order valence-electron chi connectivity index (χ1n) is 5.10. The van der Waals surface area contributed by atoms with Crippen LogP contribution in [0.4, 0.5) is 0 Å². The monoisotopic (exact) mass is 167 g/mol. The molecule has 1 rings (SSSR count). The van der Waals surface area contributed by atoms with Crippen LogP contribution in [0.1, 0.15) is 39.5 Å². The van der Waals surface area contributed by atoms with E-state index in [0.717, 1.165) is 11.8 Å². The Balaban J connectivity index is 2.26. The van der Waals surface area contributed by atoms with E-state index in [2.05, 4.69) is 26.0 Å². The first-order valence-corrected chi connectivity index (χ1v) is 5.10. The number of nitrogens with two attached hydrogens (primary N) is 1. The van der Waals surface area contributed by atoms with Crippen LogP contribution in [0.3, 0.4) is 0 Å². The molecule has 0 aromatic carbocycles. The zero-order chi connectivity index (χ0) is 8.97. The molecule has 0 saturated heterocycles. The van der Waals surface area contributed by atoms with Gasteiger partial charge in [-0.25, -0.2) is 0 Å². The summed E-state index contributed by atoms with van der Waals surface area (Å²) >= 11 is 0. The van der Waals surface area contributed by atoms with Crippen molar-refractivity contribution in [1.29, 1.82) is 0 Å². The van der Waals surface area contributed by atoms with Gasteiger partial charge in [-0.15, -0.1) is 0 Å². The largest absolute Gasteiger partial charge is 0.328 e. The van der Waals surface area contributed by atoms with E-state index in [-0.39, 0.29) is 0 Å². The van der Waals surface area contributed by atoms with E-state index in [4.69, 9.17) is 5.73 Å². The second-order valence-corrected chi connectivity index (χ2v) is 4.23. The summed E-state index contributed by atoms with van der Waals surface area (Å²) in [7, 11) is 0. The van der Waals surface area contributed by atoms with Gasteiger partial charge in [-0.1, -0.05) is 19.1 Å². The molecule has 1 heteroatoms. The molecule has 70 valence electrons. The van der Waals surface area contributed by atoms with Gasteiger partial charge in [0.25, 0.3) is 0 Å². The van der Waals surface area contributed by atoms with Crippen LogP contribution in [0, 0.1) is 11.8 Å². The third kappa shape index (κ3) is 2.98. The Kier molecular flexibility index (Phi) is 3.80. The fraction of sp³-hybridized carbons (Fsp3) is 0.818. The molecule has 1 nitrogen and oxygen atoms in total. The molecule has 0 bridgehead atoms. The van der Waals surface area contributed by atoms with Gasteiger partial charge in [-0.2, -0.15) is 0 Å².